The van der Waals surface area contributed by atoms with Crippen molar-refractivity contribution in [3.05, 3.63) is 0 Å². The molecule has 0 N–H and O–H groups in total. The van der Waals surface area contributed by atoms with E-state index in [4.69, 9.17) is 7.49 Å². The zero-order chi connectivity index (χ0) is 5.86. The maximum absolute atomic E-state index is 5.46. The van der Waals surface area contributed by atoms with Gasteiger partial charge in [-0.15, -0.1) is 0 Å². The summed E-state index contributed by atoms with van der Waals surface area (Å²) in [7, 11) is 9.34. The third-order valence-electron chi connectivity index (χ3n) is 0.937. The minimum atomic E-state index is 0.931. The van der Waals surface area contributed by atoms with E-state index in [1.54, 1.807) is 0 Å². The van der Waals surface area contributed by atoms with Crippen LogP contribution in [0.25, 0.3) is 0 Å². The van der Waals surface area contributed by atoms with Crippen LogP contribution in [-0.4, -0.2) is 32.1 Å². The van der Waals surface area contributed by atoms with Gasteiger partial charge in [0.2, 0.25) is 0 Å². The third-order valence-corrected chi connectivity index (χ3v) is 0.937. The van der Waals surface area contributed by atoms with Crippen molar-refractivity contribution >= 4 is 13.1 Å². The molecule has 7 heavy (non-hydrogen) atoms. The van der Waals surface area contributed by atoms with Gasteiger partial charge in [0.15, 0.2) is 0 Å². The molecule has 39 valence electrons. The fourth-order valence-electron chi connectivity index (χ4n) is 0.316. The summed E-state index contributed by atoms with van der Waals surface area (Å²) in [6.07, 6.45) is 0.938. The molecule has 1 nitrogen and oxygen atoms in total. The minimum absolute atomic E-state index is 0.931. The van der Waals surface area contributed by atoms with E-state index in [2.05, 4.69) is 0 Å². The molecule has 0 saturated carbocycles. The van der Waals surface area contributed by atoms with Gasteiger partial charge in [0.25, 0.3) is 0 Å². The molecule has 0 aromatic heterocycles. The third kappa shape index (κ3) is 2.43. The van der Waals surface area contributed by atoms with Crippen LogP contribution in [0.1, 0.15) is 13.3 Å². The van der Waals surface area contributed by atoms with Crippen molar-refractivity contribution in [3.63, 3.8) is 0 Å². The first-order valence-electron chi connectivity index (χ1n) is 2.47. The van der Waals surface area contributed by atoms with E-state index in [9.17, 15) is 0 Å². The molecule has 0 saturated heterocycles. The summed E-state index contributed by atoms with van der Waals surface area (Å²) >= 11 is 0. The summed E-state index contributed by atoms with van der Waals surface area (Å²) in [4.78, 5) is 1.92. The van der Waals surface area contributed by atoms with Crippen LogP contribution in [0.15, 0.2) is 0 Å². The Balaban J connectivity index is 3.35. The van der Waals surface area contributed by atoms with Crippen LogP contribution in [0.3, 0.4) is 0 Å². The standard InChI is InChI=1S/C5H11BN/c1-4-5(6)7(2)3/h4H2,1-3H3. The maximum atomic E-state index is 5.46. The normalized spacial score (nSPS) is 8.29. The molecule has 0 spiro atoms. The van der Waals surface area contributed by atoms with Crippen LogP contribution in [0.4, 0.5) is 0 Å². The van der Waals surface area contributed by atoms with Crippen LogP contribution in [0, 0.1) is 0 Å². The second kappa shape index (κ2) is 2.83. The monoisotopic (exact) mass is 96.1 g/mol. The fourth-order valence-corrected chi connectivity index (χ4v) is 0.316. The summed E-state index contributed by atoms with van der Waals surface area (Å²) in [6.45, 7) is 2.04. The summed E-state index contributed by atoms with van der Waals surface area (Å²) in [5.74, 6) is 0. The Hall–Kier alpha value is -0.265. The first-order chi connectivity index (χ1) is 3.18. The fraction of sp³-hybridized carbons (Fsp3) is 0.800. The van der Waals surface area contributed by atoms with E-state index < -0.39 is 0 Å². The van der Waals surface area contributed by atoms with Gasteiger partial charge in [0, 0.05) is 0 Å². The van der Waals surface area contributed by atoms with Gasteiger partial charge in [0.1, 0.15) is 0 Å². The summed E-state index contributed by atoms with van der Waals surface area (Å²) in [6, 6.07) is 0. The summed E-state index contributed by atoms with van der Waals surface area (Å²) in [5.41, 5.74) is 0.931. The van der Waals surface area contributed by atoms with E-state index in [1.807, 2.05) is 25.9 Å². The van der Waals surface area contributed by atoms with Crippen molar-refractivity contribution in [2.24, 2.45) is 0 Å². The summed E-state index contributed by atoms with van der Waals surface area (Å²) < 4.78 is 0. The average molecular weight is 96.0 g/mol. The van der Waals surface area contributed by atoms with E-state index in [1.165, 1.54) is 0 Å². The Kier molecular flexibility index (Phi) is 2.73. The molecule has 0 aliphatic rings. The van der Waals surface area contributed by atoms with Crippen LogP contribution >= 0.6 is 0 Å². The van der Waals surface area contributed by atoms with E-state index >= 15 is 0 Å². The predicted octanol–water partition coefficient (Wildman–Crippen LogP) is 0.256. The van der Waals surface area contributed by atoms with Gasteiger partial charge >= 0.3 is 45.4 Å². The molecule has 0 atom stereocenters. The summed E-state index contributed by atoms with van der Waals surface area (Å²) in [5, 5.41) is 0. The molecule has 0 aliphatic carbocycles. The second-order valence-corrected chi connectivity index (χ2v) is 1.74. The Morgan fingerprint density at radius 2 is 2.00 bits per heavy atom. The molecular weight excluding hydrogens is 84.9 g/mol. The van der Waals surface area contributed by atoms with Gasteiger partial charge in [0.05, 0.1) is 0 Å². The Labute approximate surface area is 46.4 Å². The molecule has 0 aromatic rings. The molecule has 2 heteroatoms. The topological polar surface area (TPSA) is 3.24 Å². The molecule has 0 rings (SSSR count). The van der Waals surface area contributed by atoms with Crippen molar-refractivity contribution in [2.45, 2.75) is 13.3 Å². The average Bonchev–Trinajstić information content (AvgIpc) is 1.65. The predicted molar refractivity (Wildman–Crippen MR) is 34.7 cm³/mol. The van der Waals surface area contributed by atoms with Gasteiger partial charge in [-0.3, -0.25) is 0 Å². The molecule has 0 fully saturated rings. The quantitative estimate of drug-likeness (QED) is 0.445. The molecule has 0 bridgehead atoms. The molecule has 0 heterocycles. The first kappa shape index (κ1) is 6.73. The molecule has 0 aliphatic heterocycles. The molecule has 1 radical (unpaired) electrons. The molecule has 0 unspecified atom stereocenters. The zero-order valence-corrected chi connectivity index (χ0v) is 5.23. The van der Waals surface area contributed by atoms with Crippen LogP contribution in [-0.2, 0) is 0 Å². The Morgan fingerprint density at radius 3 is 2.00 bits per heavy atom. The van der Waals surface area contributed by atoms with Crippen molar-refractivity contribution in [1.29, 1.82) is 0 Å². The molecular formula is C5H11BN. The SMILES string of the molecule is [B]=C(CC)N(C)C. The van der Waals surface area contributed by atoms with Gasteiger partial charge in [-0.25, -0.2) is 0 Å². The molecule has 0 amide bonds. The van der Waals surface area contributed by atoms with Crippen molar-refractivity contribution in [2.75, 3.05) is 14.1 Å². The van der Waals surface area contributed by atoms with Crippen LogP contribution in [0.2, 0.25) is 0 Å². The zero-order valence-electron chi connectivity index (χ0n) is 5.23. The number of rotatable bonds is 2. The van der Waals surface area contributed by atoms with Gasteiger partial charge in [-0.1, -0.05) is 0 Å². The van der Waals surface area contributed by atoms with Crippen LogP contribution in [0.5, 0.6) is 0 Å². The van der Waals surface area contributed by atoms with Crippen molar-refractivity contribution < 1.29 is 0 Å². The first-order valence-corrected chi connectivity index (χ1v) is 2.47. The number of hydrogen-bond donors (Lipinski definition) is 0. The van der Waals surface area contributed by atoms with Gasteiger partial charge < -0.3 is 0 Å². The second-order valence-electron chi connectivity index (χ2n) is 1.74. The van der Waals surface area contributed by atoms with E-state index in [-0.39, 0.29) is 0 Å². The van der Waals surface area contributed by atoms with E-state index in [0.717, 1.165) is 12.0 Å². The Bertz CT molecular complexity index is 68.5. The van der Waals surface area contributed by atoms with E-state index in [0.29, 0.717) is 0 Å². The van der Waals surface area contributed by atoms with Crippen LogP contribution < -0.4 is 0 Å². The van der Waals surface area contributed by atoms with Gasteiger partial charge in [-0.05, 0) is 0 Å². The van der Waals surface area contributed by atoms with Gasteiger partial charge in [-0.2, -0.15) is 0 Å². The molecule has 0 aromatic carbocycles. The van der Waals surface area contributed by atoms with Crippen molar-refractivity contribution in [1.82, 2.24) is 4.90 Å². The number of nitrogens with zero attached hydrogens (tertiary/aromatic N) is 1. The number of hydrogen-bond acceptors (Lipinski definition) is 1. The van der Waals surface area contributed by atoms with Crippen molar-refractivity contribution in [3.8, 4) is 0 Å². The Morgan fingerprint density at radius 1 is 1.57 bits per heavy atom.